The van der Waals surface area contributed by atoms with Gasteiger partial charge >= 0.3 is 6.18 Å². The molecule has 5 nitrogen and oxygen atoms in total. The highest BCUT2D eigenvalue weighted by molar-refractivity contribution is 5.92. The predicted octanol–water partition coefficient (Wildman–Crippen LogP) is 5.69. The van der Waals surface area contributed by atoms with E-state index < -0.39 is 11.7 Å². The summed E-state index contributed by atoms with van der Waals surface area (Å²) in [5.41, 5.74) is 1.14. The largest absolute Gasteiger partial charge is 0.447 e. The molecule has 1 unspecified atom stereocenters. The van der Waals surface area contributed by atoms with Crippen LogP contribution in [0.4, 0.5) is 13.2 Å². The van der Waals surface area contributed by atoms with Crippen molar-refractivity contribution in [3.8, 4) is 0 Å². The molecule has 4 rings (SSSR count). The molecule has 1 saturated heterocycles. The summed E-state index contributed by atoms with van der Waals surface area (Å²) in [4.78, 5) is 20.7. The molecule has 33 heavy (non-hydrogen) atoms. The number of carbonyl (C=O) groups excluding carboxylic acids is 1. The van der Waals surface area contributed by atoms with E-state index >= 15 is 0 Å². The fourth-order valence-corrected chi connectivity index (χ4v) is 4.09. The molecular weight excluding hydrogens is 431 g/mol. The molecule has 0 radical (unpaired) electrons. The Bertz CT molecular complexity index is 1080. The second-order valence-corrected chi connectivity index (χ2v) is 8.32. The fraction of sp³-hybridized carbons (Fsp3) is 0.360. The number of aromatic nitrogens is 1. The maximum atomic E-state index is 13.2. The van der Waals surface area contributed by atoms with E-state index in [-0.39, 0.29) is 30.7 Å². The van der Waals surface area contributed by atoms with Crippen LogP contribution in [0.3, 0.4) is 0 Å². The van der Waals surface area contributed by atoms with Crippen molar-refractivity contribution in [2.24, 2.45) is 0 Å². The molecule has 1 aliphatic rings. The average molecular weight is 457 g/mol. The van der Waals surface area contributed by atoms with E-state index in [0.29, 0.717) is 24.5 Å². The van der Waals surface area contributed by atoms with E-state index in [0.717, 1.165) is 24.5 Å². The van der Waals surface area contributed by atoms with Gasteiger partial charge in [0.15, 0.2) is 5.69 Å². The molecule has 0 bridgehead atoms. The van der Waals surface area contributed by atoms with Crippen molar-refractivity contribution in [1.82, 2.24) is 14.8 Å². The predicted molar refractivity (Wildman–Crippen MR) is 117 cm³/mol. The zero-order valence-corrected chi connectivity index (χ0v) is 18.4. The van der Waals surface area contributed by atoms with Gasteiger partial charge in [0.25, 0.3) is 5.91 Å². The quantitative estimate of drug-likeness (QED) is 0.457. The highest BCUT2D eigenvalue weighted by Crippen LogP contribution is 2.31. The zero-order valence-electron chi connectivity index (χ0n) is 18.4. The monoisotopic (exact) mass is 457 g/mol. The van der Waals surface area contributed by atoms with Gasteiger partial charge in [-0.05, 0) is 37.0 Å². The lowest BCUT2D eigenvalue weighted by Gasteiger charge is -2.28. The van der Waals surface area contributed by atoms with Crippen molar-refractivity contribution in [2.45, 2.75) is 45.1 Å². The lowest BCUT2D eigenvalue weighted by molar-refractivity contribution is -0.137. The van der Waals surface area contributed by atoms with E-state index in [9.17, 15) is 18.0 Å². The Kier molecular flexibility index (Phi) is 6.83. The van der Waals surface area contributed by atoms with Crippen LogP contribution in [0.2, 0.25) is 0 Å². The van der Waals surface area contributed by atoms with Gasteiger partial charge in [0.1, 0.15) is 6.26 Å². The van der Waals surface area contributed by atoms with Crippen LogP contribution >= 0.6 is 0 Å². The third-order valence-corrected chi connectivity index (χ3v) is 5.97. The van der Waals surface area contributed by atoms with E-state index in [2.05, 4.69) is 4.98 Å². The Morgan fingerprint density at radius 3 is 2.52 bits per heavy atom. The van der Waals surface area contributed by atoms with Crippen molar-refractivity contribution in [2.75, 3.05) is 13.1 Å². The number of likely N-dealkylation sites (tertiary alicyclic amines) is 1. The summed E-state index contributed by atoms with van der Waals surface area (Å²) in [6.07, 6.45) is -1.07. The minimum absolute atomic E-state index is 0.120. The number of hydrogen-bond donors (Lipinski definition) is 0. The number of carbonyl (C=O) groups is 1. The van der Waals surface area contributed by atoms with E-state index in [1.54, 1.807) is 11.0 Å². The summed E-state index contributed by atoms with van der Waals surface area (Å²) in [6, 6.07) is 14.9. The summed E-state index contributed by atoms with van der Waals surface area (Å²) in [5.74, 6) is 0.204. The molecule has 1 atom stereocenters. The number of rotatable bonds is 7. The van der Waals surface area contributed by atoms with Crippen molar-refractivity contribution >= 4 is 5.91 Å². The Morgan fingerprint density at radius 2 is 1.82 bits per heavy atom. The summed E-state index contributed by atoms with van der Waals surface area (Å²) < 4.78 is 45.2. The third-order valence-electron chi connectivity index (χ3n) is 5.97. The SMILES string of the molecule is CC(c1ccccc1)N(Cc1cccc(C(F)(F)F)c1)Cc1nc(C(=O)N2CCCC2)co1. The molecule has 1 amide bonds. The standard InChI is InChI=1S/C25H26F3N3O2/c1-18(20-9-3-2-4-10-20)31(15-19-8-7-11-21(14-19)25(26,27)28)16-23-29-22(17-33-23)24(32)30-12-5-6-13-30/h2-4,7-11,14,17-18H,5-6,12-13,15-16H2,1H3. The molecule has 2 aromatic carbocycles. The summed E-state index contributed by atoms with van der Waals surface area (Å²) in [7, 11) is 0. The van der Waals surface area contributed by atoms with E-state index in [1.807, 2.05) is 42.2 Å². The molecule has 1 aromatic heterocycles. The molecule has 0 N–H and O–H groups in total. The normalized spacial score (nSPS) is 15.2. The van der Waals surface area contributed by atoms with Gasteiger partial charge in [-0.1, -0.05) is 48.5 Å². The molecule has 174 valence electrons. The Morgan fingerprint density at radius 1 is 1.09 bits per heavy atom. The number of nitrogens with zero attached hydrogens (tertiary/aromatic N) is 3. The number of halogens is 3. The van der Waals surface area contributed by atoms with Crippen LogP contribution in [0.25, 0.3) is 0 Å². The van der Waals surface area contributed by atoms with Crippen LogP contribution in [0, 0.1) is 0 Å². The second-order valence-electron chi connectivity index (χ2n) is 8.32. The summed E-state index contributed by atoms with van der Waals surface area (Å²) >= 11 is 0. The maximum Gasteiger partial charge on any atom is 0.416 e. The Labute approximate surface area is 190 Å². The summed E-state index contributed by atoms with van der Waals surface area (Å²) in [6.45, 7) is 3.93. The highest BCUT2D eigenvalue weighted by Gasteiger charge is 2.31. The summed E-state index contributed by atoms with van der Waals surface area (Å²) in [5, 5.41) is 0. The van der Waals surface area contributed by atoms with Gasteiger partial charge in [-0.2, -0.15) is 13.2 Å². The van der Waals surface area contributed by atoms with Crippen LogP contribution in [0.1, 0.15) is 58.9 Å². The molecule has 0 saturated carbocycles. The molecule has 1 fully saturated rings. The van der Waals surface area contributed by atoms with Crippen LogP contribution in [0.5, 0.6) is 0 Å². The third kappa shape index (κ3) is 5.63. The van der Waals surface area contributed by atoms with Crippen LogP contribution in [0.15, 0.2) is 65.3 Å². The molecule has 3 aromatic rings. The van der Waals surface area contributed by atoms with Gasteiger partial charge in [0.2, 0.25) is 5.89 Å². The van der Waals surface area contributed by atoms with Crippen molar-refractivity contribution in [1.29, 1.82) is 0 Å². The van der Waals surface area contributed by atoms with Crippen LogP contribution in [-0.4, -0.2) is 33.8 Å². The first-order chi connectivity index (χ1) is 15.8. The Hall–Kier alpha value is -3.13. The van der Waals surface area contributed by atoms with Crippen molar-refractivity contribution < 1.29 is 22.4 Å². The van der Waals surface area contributed by atoms with Crippen LogP contribution < -0.4 is 0 Å². The smallest absolute Gasteiger partial charge is 0.416 e. The minimum atomic E-state index is -4.40. The van der Waals surface area contributed by atoms with Crippen molar-refractivity contribution in [3.05, 3.63) is 89.1 Å². The van der Waals surface area contributed by atoms with Gasteiger partial charge in [-0.25, -0.2) is 4.98 Å². The first kappa shape index (κ1) is 23.0. The van der Waals surface area contributed by atoms with Crippen molar-refractivity contribution in [3.63, 3.8) is 0 Å². The number of amides is 1. The first-order valence-corrected chi connectivity index (χ1v) is 11.0. The lowest BCUT2D eigenvalue weighted by atomic mass is 10.0. The van der Waals surface area contributed by atoms with Gasteiger partial charge in [-0.3, -0.25) is 9.69 Å². The molecule has 0 aliphatic carbocycles. The van der Waals surface area contributed by atoms with Gasteiger partial charge < -0.3 is 9.32 Å². The van der Waals surface area contributed by atoms with E-state index in [1.165, 1.54) is 18.4 Å². The molecule has 1 aliphatic heterocycles. The number of oxazole rings is 1. The zero-order chi connectivity index (χ0) is 23.4. The number of alkyl halides is 3. The number of hydrogen-bond acceptors (Lipinski definition) is 4. The maximum absolute atomic E-state index is 13.2. The minimum Gasteiger partial charge on any atom is -0.447 e. The molecule has 2 heterocycles. The number of benzene rings is 2. The molecular formula is C25H26F3N3O2. The highest BCUT2D eigenvalue weighted by atomic mass is 19.4. The van der Waals surface area contributed by atoms with Crippen LogP contribution in [-0.2, 0) is 19.3 Å². The molecule has 0 spiro atoms. The lowest BCUT2D eigenvalue weighted by Crippen LogP contribution is -2.28. The van der Waals surface area contributed by atoms with Gasteiger partial charge in [0.05, 0.1) is 12.1 Å². The average Bonchev–Trinajstić information content (AvgIpc) is 3.51. The first-order valence-electron chi connectivity index (χ1n) is 11.0. The van der Waals surface area contributed by atoms with Gasteiger partial charge in [-0.15, -0.1) is 0 Å². The Balaban J connectivity index is 1.57. The van der Waals surface area contributed by atoms with Gasteiger partial charge in [0, 0.05) is 25.7 Å². The molecule has 8 heteroatoms. The second kappa shape index (κ2) is 9.79. The topological polar surface area (TPSA) is 49.6 Å². The van der Waals surface area contributed by atoms with E-state index in [4.69, 9.17) is 4.42 Å². The fourth-order valence-electron chi connectivity index (χ4n) is 4.09.